The second-order valence-corrected chi connectivity index (χ2v) is 7.67. The largest absolute Gasteiger partial charge is 0.416 e. The summed E-state index contributed by atoms with van der Waals surface area (Å²) >= 11 is 0. The van der Waals surface area contributed by atoms with Gasteiger partial charge in [-0.2, -0.15) is 28.1 Å². The molecule has 2 aromatic carbocycles. The Morgan fingerprint density at radius 1 is 0.844 bits per heavy atom. The molecule has 0 bridgehead atoms. The molecule has 1 aliphatic heterocycles. The van der Waals surface area contributed by atoms with E-state index in [1.807, 2.05) is 18.2 Å². The molecule has 0 radical (unpaired) electrons. The van der Waals surface area contributed by atoms with Crippen LogP contribution in [0.25, 0.3) is 0 Å². The molecule has 0 aliphatic carbocycles. The molecule has 10 heteroatoms. The maximum Gasteiger partial charge on any atom is 0.416 e. The van der Waals surface area contributed by atoms with Gasteiger partial charge in [-0.15, -0.1) is 0 Å². The molecule has 0 spiro atoms. The SMILES string of the molecule is Nc1nc(CN2CCN(Cc3ccccc3)CC2)nc(Nc2cccc(C(F)(F)F)c2)n1. The van der Waals surface area contributed by atoms with Gasteiger partial charge in [-0.05, 0) is 23.8 Å². The minimum atomic E-state index is -4.43. The Bertz CT molecular complexity index is 1040. The van der Waals surface area contributed by atoms with E-state index in [0.29, 0.717) is 12.4 Å². The highest BCUT2D eigenvalue weighted by Crippen LogP contribution is 2.31. The van der Waals surface area contributed by atoms with Gasteiger partial charge in [-0.1, -0.05) is 36.4 Å². The number of nitrogens with zero attached hydrogens (tertiary/aromatic N) is 5. The Balaban J connectivity index is 1.36. The van der Waals surface area contributed by atoms with Crippen molar-refractivity contribution in [3.63, 3.8) is 0 Å². The summed E-state index contributed by atoms with van der Waals surface area (Å²) in [5.74, 6) is 0.616. The van der Waals surface area contributed by atoms with E-state index in [-0.39, 0.29) is 17.6 Å². The van der Waals surface area contributed by atoms with Gasteiger partial charge in [0.15, 0.2) is 0 Å². The molecule has 7 nitrogen and oxygen atoms in total. The number of rotatable bonds is 6. The second kappa shape index (κ2) is 9.49. The van der Waals surface area contributed by atoms with E-state index in [4.69, 9.17) is 5.73 Å². The van der Waals surface area contributed by atoms with Crippen LogP contribution in [0.4, 0.5) is 30.8 Å². The lowest BCUT2D eigenvalue weighted by Gasteiger charge is -2.34. The zero-order valence-corrected chi connectivity index (χ0v) is 17.4. The number of halogens is 3. The average Bonchev–Trinajstić information content (AvgIpc) is 2.75. The Morgan fingerprint density at radius 2 is 1.53 bits per heavy atom. The summed E-state index contributed by atoms with van der Waals surface area (Å²) in [5, 5.41) is 2.80. The van der Waals surface area contributed by atoms with Gasteiger partial charge in [0.25, 0.3) is 0 Å². The maximum absolute atomic E-state index is 12.9. The zero-order chi connectivity index (χ0) is 22.6. The van der Waals surface area contributed by atoms with Crippen LogP contribution in [0.1, 0.15) is 17.0 Å². The Kier molecular flexibility index (Phi) is 6.52. The monoisotopic (exact) mass is 443 g/mol. The molecule has 3 aromatic rings. The van der Waals surface area contributed by atoms with Crippen LogP contribution in [0, 0.1) is 0 Å². The number of nitrogens with one attached hydrogen (secondary N) is 1. The first kappa shape index (κ1) is 22.0. The number of hydrogen-bond donors (Lipinski definition) is 2. The van der Waals surface area contributed by atoms with Crippen LogP contribution in [0.5, 0.6) is 0 Å². The molecule has 1 aromatic heterocycles. The quantitative estimate of drug-likeness (QED) is 0.603. The van der Waals surface area contributed by atoms with Crippen LogP contribution in [-0.2, 0) is 19.3 Å². The van der Waals surface area contributed by atoms with Gasteiger partial charge in [0.1, 0.15) is 5.82 Å². The van der Waals surface area contributed by atoms with Crippen LogP contribution >= 0.6 is 0 Å². The van der Waals surface area contributed by atoms with E-state index < -0.39 is 11.7 Å². The lowest BCUT2D eigenvalue weighted by Crippen LogP contribution is -2.45. The molecule has 1 aliphatic rings. The summed E-state index contributed by atoms with van der Waals surface area (Å²) in [4.78, 5) is 17.2. The van der Waals surface area contributed by atoms with Crippen LogP contribution in [-0.4, -0.2) is 50.9 Å². The molecule has 168 valence electrons. The van der Waals surface area contributed by atoms with Crippen molar-refractivity contribution in [2.45, 2.75) is 19.3 Å². The van der Waals surface area contributed by atoms with Crippen molar-refractivity contribution in [1.29, 1.82) is 0 Å². The lowest BCUT2D eigenvalue weighted by molar-refractivity contribution is -0.137. The fourth-order valence-electron chi connectivity index (χ4n) is 3.61. The van der Waals surface area contributed by atoms with E-state index in [1.165, 1.54) is 17.7 Å². The van der Waals surface area contributed by atoms with Gasteiger partial charge in [0.05, 0.1) is 12.1 Å². The highest BCUT2D eigenvalue weighted by atomic mass is 19.4. The summed E-state index contributed by atoms with van der Waals surface area (Å²) < 4.78 is 38.8. The Morgan fingerprint density at radius 3 is 2.22 bits per heavy atom. The number of nitrogens with two attached hydrogens (primary N) is 1. The second-order valence-electron chi connectivity index (χ2n) is 7.67. The third-order valence-electron chi connectivity index (χ3n) is 5.22. The number of benzene rings is 2. The van der Waals surface area contributed by atoms with Gasteiger partial charge < -0.3 is 11.1 Å². The summed E-state index contributed by atoms with van der Waals surface area (Å²) in [6.45, 7) is 4.96. The number of alkyl halides is 3. The smallest absolute Gasteiger partial charge is 0.368 e. The van der Waals surface area contributed by atoms with E-state index in [2.05, 4.69) is 42.2 Å². The van der Waals surface area contributed by atoms with E-state index in [0.717, 1.165) is 44.9 Å². The maximum atomic E-state index is 12.9. The molecule has 0 amide bonds. The van der Waals surface area contributed by atoms with Crippen LogP contribution in [0.15, 0.2) is 54.6 Å². The van der Waals surface area contributed by atoms with Crippen molar-refractivity contribution in [3.05, 3.63) is 71.5 Å². The minimum absolute atomic E-state index is 0.0205. The Hall–Kier alpha value is -3.24. The summed E-state index contributed by atoms with van der Waals surface area (Å²) in [5.41, 5.74) is 6.58. The van der Waals surface area contributed by atoms with Gasteiger partial charge in [-0.3, -0.25) is 9.80 Å². The van der Waals surface area contributed by atoms with Crippen molar-refractivity contribution in [2.75, 3.05) is 37.2 Å². The Labute approximate surface area is 184 Å². The number of piperazine rings is 1. The lowest BCUT2D eigenvalue weighted by atomic mass is 10.2. The highest BCUT2D eigenvalue weighted by Gasteiger charge is 2.30. The van der Waals surface area contributed by atoms with Crippen molar-refractivity contribution < 1.29 is 13.2 Å². The standard InChI is InChI=1S/C22H24F3N7/c23-22(24,25)17-7-4-8-18(13-17)27-21-29-19(28-20(26)30-21)15-32-11-9-31(10-12-32)14-16-5-2-1-3-6-16/h1-8,13H,9-12,14-15H2,(H3,26,27,28,29,30). The first-order valence-electron chi connectivity index (χ1n) is 10.3. The molecule has 1 saturated heterocycles. The van der Waals surface area contributed by atoms with Gasteiger partial charge in [-0.25, -0.2) is 0 Å². The topological polar surface area (TPSA) is 83.2 Å². The molecule has 0 atom stereocenters. The summed E-state index contributed by atoms with van der Waals surface area (Å²) in [6, 6.07) is 15.2. The normalized spacial score (nSPS) is 15.6. The fourth-order valence-corrected chi connectivity index (χ4v) is 3.61. The van der Waals surface area contributed by atoms with Crippen LogP contribution in [0.2, 0.25) is 0 Å². The van der Waals surface area contributed by atoms with Crippen LogP contribution in [0.3, 0.4) is 0 Å². The van der Waals surface area contributed by atoms with Crippen molar-refractivity contribution in [3.8, 4) is 0 Å². The highest BCUT2D eigenvalue weighted by molar-refractivity contribution is 5.55. The molecule has 32 heavy (non-hydrogen) atoms. The first-order valence-corrected chi connectivity index (χ1v) is 10.3. The first-order chi connectivity index (χ1) is 15.3. The third-order valence-corrected chi connectivity index (χ3v) is 5.22. The molecule has 4 rings (SSSR count). The van der Waals surface area contributed by atoms with Crippen LogP contribution < -0.4 is 11.1 Å². The predicted molar refractivity (Wildman–Crippen MR) is 116 cm³/mol. The molecule has 3 N–H and O–H groups in total. The minimum Gasteiger partial charge on any atom is -0.368 e. The van der Waals surface area contributed by atoms with Gasteiger partial charge in [0.2, 0.25) is 11.9 Å². The van der Waals surface area contributed by atoms with Crippen molar-refractivity contribution in [2.24, 2.45) is 0 Å². The van der Waals surface area contributed by atoms with Gasteiger partial charge in [0, 0.05) is 38.4 Å². The van der Waals surface area contributed by atoms with E-state index >= 15 is 0 Å². The van der Waals surface area contributed by atoms with Crippen molar-refractivity contribution in [1.82, 2.24) is 24.8 Å². The van der Waals surface area contributed by atoms with Crippen molar-refractivity contribution >= 4 is 17.6 Å². The number of hydrogen-bond acceptors (Lipinski definition) is 7. The molecule has 0 unspecified atom stereocenters. The number of anilines is 3. The van der Waals surface area contributed by atoms with E-state index in [9.17, 15) is 13.2 Å². The summed E-state index contributed by atoms with van der Waals surface area (Å²) in [6.07, 6.45) is -4.43. The summed E-state index contributed by atoms with van der Waals surface area (Å²) in [7, 11) is 0. The average molecular weight is 443 g/mol. The number of nitrogen functional groups attached to an aromatic ring is 1. The fraction of sp³-hybridized carbons (Fsp3) is 0.318. The molecular weight excluding hydrogens is 419 g/mol. The predicted octanol–water partition coefficient (Wildman–Crippen LogP) is 3.53. The van der Waals surface area contributed by atoms with Gasteiger partial charge >= 0.3 is 6.18 Å². The number of aromatic nitrogens is 3. The third kappa shape index (κ3) is 5.92. The zero-order valence-electron chi connectivity index (χ0n) is 17.4. The molecule has 1 fully saturated rings. The molecule has 2 heterocycles. The van der Waals surface area contributed by atoms with E-state index in [1.54, 1.807) is 0 Å². The molecular formula is C22H24F3N7. The molecule has 0 saturated carbocycles.